The minimum atomic E-state index is -0.168. The first-order valence-electron chi connectivity index (χ1n) is 5.20. The maximum absolute atomic E-state index is 13.3. The molecule has 0 bridgehead atoms. The van der Waals surface area contributed by atoms with Crippen molar-refractivity contribution in [3.63, 3.8) is 0 Å². The monoisotopic (exact) mass is 219 g/mol. The van der Waals surface area contributed by atoms with Crippen molar-refractivity contribution in [2.45, 2.75) is 20.0 Å². The Morgan fingerprint density at radius 1 is 1.25 bits per heavy atom. The summed E-state index contributed by atoms with van der Waals surface area (Å²) in [5, 5.41) is 9.98. The second-order valence-electron chi connectivity index (χ2n) is 3.72. The fourth-order valence-electron chi connectivity index (χ4n) is 1.53. The third kappa shape index (κ3) is 2.46. The van der Waals surface area contributed by atoms with Crippen LogP contribution in [0.1, 0.15) is 16.8 Å². The molecule has 0 amide bonds. The van der Waals surface area contributed by atoms with Crippen molar-refractivity contribution in [1.29, 1.82) is 0 Å². The largest absolute Gasteiger partial charge is 0.308 e. The van der Waals surface area contributed by atoms with Gasteiger partial charge >= 0.3 is 0 Å². The molecular weight excluding hydrogens is 205 g/mol. The molecule has 2 rings (SSSR count). The first kappa shape index (κ1) is 10.8. The zero-order valence-corrected chi connectivity index (χ0v) is 9.13. The molecule has 1 heterocycles. The van der Waals surface area contributed by atoms with Gasteiger partial charge in [-0.25, -0.2) is 4.39 Å². The van der Waals surface area contributed by atoms with Gasteiger partial charge in [0, 0.05) is 29.9 Å². The van der Waals surface area contributed by atoms with E-state index >= 15 is 0 Å². The Kier molecular flexibility index (Phi) is 3.31. The Morgan fingerprint density at radius 3 is 2.69 bits per heavy atom. The van der Waals surface area contributed by atoms with Gasteiger partial charge in [0.25, 0.3) is 0 Å². The van der Waals surface area contributed by atoms with E-state index in [0.29, 0.717) is 18.7 Å². The Hall–Kier alpha value is -1.68. The fourth-order valence-corrected chi connectivity index (χ4v) is 1.53. The van der Waals surface area contributed by atoms with Crippen LogP contribution in [0.5, 0.6) is 0 Å². The normalized spacial score (nSPS) is 10.6. The standard InChI is InChI=1S/C12H14FN3/c1-9-11(8-15-16-9)7-14-6-10-4-2-3-5-12(10)13/h2-5,8,14H,6-7H2,1H3,(H,15,16). The number of nitrogens with zero attached hydrogens (tertiary/aromatic N) is 1. The first-order valence-corrected chi connectivity index (χ1v) is 5.20. The van der Waals surface area contributed by atoms with Crippen molar-refractivity contribution in [1.82, 2.24) is 15.5 Å². The molecule has 0 aliphatic carbocycles. The van der Waals surface area contributed by atoms with E-state index in [0.717, 1.165) is 11.3 Å². The zero-order valence-electron chi connectivity index (χ0n) is 9.13. The summed E-state index contributed by atoms with van der Waals surface area (Å²) in [6.07, 6.45) is 1.78. The molecule has 1 aromatic carbocycles. The third-order valence-electron chi connectivity index (χ3n) is 2.52. The van der Waals surface area contributed by atoms with Gasteiger partial charge in [-0.05, 0) is 13.0 Å². The lowest BCUT2D eigenvalue weighted by atomic mass is 10.2. The number of nitrogens with one attached hydrogen (secondary N) is 2. The molecule has 0 unspecified atom stereocenters. The van der Waals surface area contributed by atoms with Crippen LogP contribution in [0.2, 0.25) is 0 Å². The zero-order chi connectivity index (χ0) is 11.4. The summed E-state index contributed by atoms with van der Waals surface area (Å²) >= 11 is 0. The lowest BCUT2D eigenvalue weighted by Gasteiger charge is -2.05. The van der Waals surface area contributed by atoms with Crippen LogP contribution in [-0.2, 0) is 13.1 Å². The van der Waals surface area contributed by atoms with Gasteiger partial charge in [0.1, 0.15) is 5.82 Å². The van der Waals surface area contributed by atoms with E-state index < -0.39 is 0 Å². The molecule has 3 nitrogen and oxygen atoms in total. The summed E-state index contributed by atoms with van der Waals surface area (Å²) in [5.41, 5.74) is 2.83. The van der Waals surface area contributed by atoms with Crippen molar-refractivity contribution in [3.8, 4) is 0 Å². The number of halogens is 1. The minimum absolute atomic E-state index is 0.168. The number of rotatable bonds is 4. The van der Waals surface area contributed by atoms with E-state index in [1.807, 2.05) is 13.0 Å². The number of H-pyrrole nitrogens is 1. The number of hydrogen-bond acceptors (Lipinski definition) is 2. The number of aromatic nitrogens is 2. The molecule has 0 aliphatic rings. The van der Waals surface area contributed by atoms with Crippen molar-refractivity contribution in [2.24, 2.45) is 0 Å². The Labute approximate surface area is 93.7 Å². The van der Waals surface area contributed by atoms with E-state index in [2.05, 4.69) is 15.5 Å². The molecule has 0 aliphatic heterocycles. The van der Waals surface area contributed by atoms with Crippen LogP contribution in [0.4, 0.5) is 4.39 Å². The molecule has 0 radical (unpaired) electrons. The predicted molar refractivity (Wildman–Crippen MR) is 60.3 cm³/mol. The summed E-state index contributed by atoms with van der Waals surface area (Å²) in [6.45, 7) is 3.18. The lowest BCUT2D eigenvalue weighted by molar-refractivity contribution is 0.587. The van der Waals surface area contributed by atoms with Crippen molar-refractivity contribution < 1.29 is 4.39 Å². The Bertz CT molecular complexity index is 465. The van der Waals surface area contributed by atoms with Gasteiger partial charge in [-0.1, -0.05) is 18.2 Å². The van der Waals surface area contributed by atoms with Gasteiger partial charge in [0.2, 0.25) is 0 Å². The molecule has 1 aromatic heterocycles. The maximum Gasteiger partial charge on any atom is 0.127 e. The molecule has 84 valence electrons. The Balaban J connectivity index is 1.89. The van der Waals surface area contributed by atoms with Crippen LogP contribution in [0.25, 0.3) is 0 Å². The first-order chi connectivity index (χ1) is 7.77. The molecule has 4 heteroatoms. The number of hydrogen-bond donors (Lipinski definition) is 2. The summed E-state index contributed by atoms with van der Waals surface area (Å²) in [4.78, 5) is 0. The van der Waals surface area contributed by atoms with Crippen LogP contribution in [0.15, 0.2) is 30.5 Å². The summed E-state index contributed by atoms with van der Waals surface area (Å²) in [6, 6.07) is 6.78. The molecular formula is C12H14FN3. The highest BCUT2D eigenvalue weighted by atomic mass is 19.1. The van der Waals surface area contributed by atoms with E-state index in [4.69, 9.17) is 0 Å². The quantitative estimate of drug-likeness (QED) is 0.827. The van der Waals surface area contributed by atoms with Gasteiger partial charge < -0.3 is 5.32 Å². The third-order valence-corrected chi connectivity index (χ3v) is 2.52. The predicted octanol–water partition coefficient (Wildman–Crippen LogP) is 2.15. The average molecular weight is 219 g/mol. The van der Waals surface area contributed by atoms with Gasteiger partial charge in [0.15, 0.2) is 0 Å². The van der Waals surface area contributed by atoms with Gasteiger partial charge in [0.05, 0.1) is 6.20 Å². The minimum Gasteiger partial charge on any atom is -0.308 e. The topological polar surface area (TPSA) is 40.7 Å². The number of benzene rings is 1. The van der Waals surface area contributed by atoms with E-state index in [9.17, 15) is 4.39 Å². The molecule has 0 saturated heterocycles. The molecule has 2 aromatic rings. The van der Waals surface area contributed by atoms with Crippen LogP contribution >= 0.6 is 0 Å². The van der Waals surface area contributed by atoms with Crippen molar-refractivity contribution in [3.05, 3.63) is 53.1 Å². The lowest BCUT2D eigenvalue weighted by Crippen LogP contribution is -2.13. The van der Waals surface area contributed by atoms with Crippen molar-refractivity contribution >= 4 is 0 Å². The molecule has 0 spiro atoms. The second kappa shape index (κ2) is 4.90. The fraction of sp³-hybridized carbons (Fsp3) is 0.250. The van der Waals surface area contributed by atoms with Crippen molar-refractivity contribution in [2.75, 3.05) is 0 Å². The van der Waals surface area contributed by atoms with Gasteiger partial charge in [-0.3, -0.25) is 5.10 Å². The van der Waals surface area contributed by atoms with E-state index in [1.165, 1.54) is 6.07 Å². The number of aromatic amines is 1. The molecule has 0 saturated carbocycles. The van der Waals surface area contributed by atoms with Crippen LogP contribution in [-0.4, -0.2) is 10.2 Å². The summed E-state index contributed by atoms with van der Waals surface area (Å²) in [7, 11) is 0. The average Bonchev–Trinajstić information content (AvgIpc) is 2.67. The summed E-state index contributed by atoms with van der Waals surface area (Å²) < 4.78 is 13.3. The highest BCUT2D eigenvalue weighted by Gasteiger charge is 2.02. The maximum atomic E-state index is 13.3. The molecule has 0 atom stereocenters. The Morgan fingerprint density at radius 2 is 2.00 bits per heavy atom. The highest BCUT2D eigenvalue weighted by Crippen LogP contribution is 2.07. The molecule has 0 fully saturated rings. The van der Waals surface area contributed by atoms with E-state index in [-0.39, 0.29) is 5.82 Å². The summed E-state index contributed by atoms with van der Waals surface area (Å²) in [5.74, 6) is -0.168. The van der Waals surface area contributed by atoms with Crippen LogP contribution in [0, 0.1) is 12.7 Å². The highest BCUT2D eigenvalue weighted by molar-refractivity contribution is 5.18. The molecule has 16 heavy (non-hydrogen) atoms. The van der Waals surface area contributed by atoms with E-state index in [1.54, 1.807) is 18.3 Å². The SMILES string of the molecule is Cc1[nH]ncc1CNCc1ccccc1F. The van der Waals surface area contributed by atoms with Gasteiger partial charge in [-0.15, -0.1) is 0 Å². The second-order valence-corrected chi connectivity index (χ2v) is 3.72. The van der Waals surface area contributed by atoms with Gasteiger partial charge in [-0.2, -0.15) is 5.10 Å². The van der Waals surface area contributed by atoms with Crippen LogP contribution in [0.3, 0.4) is 0 Å². The number of aryl methyl sites for hydroxylation is 1. The molecule has 2 N–H and O–H groups in total. The van der Waals surface area contributed by atoms with Crippen LogP contribution < -0.4 is 5.32 Å². The smallest absolute Gasteiger partial charge is 0.127 e.